The lowest BCUT2D eigenvalue weighted by atomic mass is 9.99. The summed E-state index contributed by atoms with van der Waals surface area (Å²) in [6.45, 7) is 3.28. The third kappa shape index (κ3) is 2.88. The SMILES string of the molecule is COC(=O)C(c1ccccc1)N1C(=O)C(C)(C)Oc2ccc(N)nc21. The molecule has 1 atom stereocenters. The highest BCUT2D eigenvalue weighted by Crippen LogP contribution is 2.41. The van der Waals surface area contributed by atoms with Crippen molar-refractivity contribution in [1.82, 2.24) is 4.98 Å². The van der Waals surface area contributed by atoms with Gasteiger partial charge in [0.15, 0.2) is 23.2 Å². The Morgan fingerprint density at radius 1 is 1.24 bits per heavy atom. The van der Waals surface area contributed by atoms with Gasteiger partial charge < -0.3 is 15.2 Å². The van der Waals surface area contributed by atoms with E-state index in [1.807, 2.05) is 6.07 Å². The Balaban J connectivity index is 2.22. The molecule has 7 nitrogen and oxygen atoms in total. The fourth-order valence-corrected chi connectivity index (χ4v) is 2.78. The van der Waals surface area contributed by atoms with E-state index in [9.17, 15) is 9.59 Å². The number of nitrogen functional groups attached to an aromatic ring is 1. The first-order chi connectivity index (χ1) is 11.8. The van der Waals surface area contributed by atoms with Gasteiger partial charge in [-0.25, -0.2) is 9.78 Å². The van der Waals surface area contributed by atoms with E-state index >= 15 is 0 Å². The number of nitrogens with zero attached hydrogens (tertiary/aromatic N) is 2. The maximum atomic E-state index is 13.1. The van der Waals surface area contributed by atoms with Crippen LogP contribution in [0.3, 0.4) is 0 Å². The van der Waals surface area contributed by atoms with E-state index in [-0.39, 0.29) is 11.6 Å². The summed E-state index contributed by atoms with van der Waals surface area (Å²) >= 11 is 0. The first-order valence-electron chi connectivity index (χ1n) is 7.77. The van der Waals surface area contributed by atoms with Crippen LogP contribution in [0.2, 0.25) is 0 Å². The van der Waals surface area contributed by atoms with Crippen LogP contribution in [0.1, 0.15) is 25.5 Å². The molecule has 1 aromatic carbocycles. The van der Waals surface area contributed by atoms with Crippen LogP contribution in [-0.2, 0) is 14.3 Å². The number of nitrogens with two attached hydrogens (primary N) is 1. The molecule has 25 heavy (non-hydrogen) atoms. The van der Waals surface area contributed by atoms with Crippen LogP contribution in [0, 0.1) is 0 Å². The number of hydrogen-bond donors (Lipinski definition) is 1. The molecule has 7 heteroatoms. The van der Waals surface area contributed by atoms with Crippen molar-refractivity contribution in [2.45, 2.75) is 25.5 Å². The normalized spacial score (nSPS) is 16.6. The lowest BCUT2D eigenvalue weighted by Crippen LogP contribution is -2.55. The molecular weight excluding hydrogens is 322 g/mol. The molecule has 0 fully saturated rings. The van der Waals surface area contributed by atoms with Crippen molar-refractivity contribution in [3.8, 4) is 5.75 Å². The number of carbonyl (C=O) groups excluding carboxylic acids is 2. The number of methoxy groups -OCH3 is 1. The van der Waals surface area contributed by atoms with Crippen LogP contribution in [0.15, 0.2) is 42.5 Å². The number of hydrogen-bond acceptors (Lipinski definition) is 6. The lowest BCUT2D eigenvalue weighted by molar-refractivity contribution is -0.146. The second-order valence-electron chi connectivity index (χ2n) is 6.18. The van der Waals surface area contributed by atoms with Gasteiger partial charge in [-0.1, -0.05) is 30.3 Å². The highest BCUT2D eigenvalue weighted by molar-refractivity contribution is 6.06. The van der Waals surface area contributed by atoms with E-state index in [0.717, 1.165) is 0 Å². The third-order valence-electron chi connectivity index (χ3n) is 3.99. The van der Waals surface area contributed by atoms with Gasteiger partial charge in [-0.2, -0.15) is 0 Å². The molecule has 1 aliphatic heterocycles. The van der Waals surface area contributed by atoms with E-state index < -0.39 is 23.5 Å². The lowest BCUT2D eigenvalue weighted by Gasteiger charge is -2.40. The molecule has 0 spiro atoms. The second-order valence-corrected chi connectivity index (χ2v) is 6.18. The number of anilines is 2. The number of pyridine rings is 1. The maximum Gasteiger partial charge on any atom is 0.333 e. The van der Waals surface area contributed by atoms with Crippen molar-refractivity contribution in [2.75, 3.05) is 17.7 Å². The summed E-state index contributed by atoms with van der Waals surface area (Å²) in [6.07, 6.45) is 0. The van der Waals surface area contributed by atoms with Crippen molar-refractivity contribution >= 4 is 23.5 Å². The molecule has 2 N–H and O–H groups in total. The first kappa shape index (κ1) is 16.8. The molecule has 0 radical (unpaired) electrons. The van der Waals surface area contributed by atoms with Crippen LogP contribution in [0.5, 0.6) is 5.75 Å². The van der Waals surface area contributed by atoms with Gasteiger partial charge in [-0.15, -0.1) is 0 Å². The van der Waals surface area contributed by atoms with Gasteiger partial charge in [0.05, 0.1) is 7.11 Å². The van der Waals surface area contributed by atoms with Gasteiger partial charge in [0.2, 0.25) is 0 Å². The molecule has 0 saturated heterocycles. The molecule has 1 amide bonds. The van der Waals surface area contributed by atoms with E-state index in [2.05, 4.69) is 4.98 Å². The number of aromatic nitrogens is 1. The molecule has 3 rings (SSSR count). The summed E-state index contributed by atoms with van der Waals surface area (Å²) in [7, 11) is 1.28. The fraction of sp³-hybridized carbons (Fsp3) is 0.278. The predicted octanol–water partition coefficient (Wildman–Crippen LogP) is 2.08. The molecule has 1 unspecified atom stereocenters. The Morgan fingerprint density at radius 2 is 1.92 bits per heavy atom. The van der Waals surface area contributed by atoms with E-state index in [1.165, 1.54) is 12.0 Å². The Bertz CT molecular complexity index is 820. The molecular formula is C18H19N3O4. The number of esters is 1. The zero-order valence-electron chi connectivity index (χ0n) is 14.2. The molecule has 2 heterocycles. The largest absolute Gasteiger partial charge is 0.474 e. The van der Waals surface area contributed by atoms with E-state index in [0.29, 0.717) is 11.3 Å². The first-order valence-corrected chi connectivity index (χ1v) is 7.77. The highest BCUT2D eigenvalue weighted by Gasteiger charge is 2.47. The van der Waals surface area contributed by atoms with Crippen LogP contribution in [0.25, 0.3) is 0 Å². The number of carbonyl (C=O) groups is 2. The van der Waals surface area contributed by atoms with Gasteiger partial charge in [0, 0.05) is 0 Å². The van der Waals surface area contributed by atoms with Crippen LogP contribution < -0.4 is 15.4 Å². The smallest absolute Gasteiger partial charge is 0.333 e. The molecule has 1 aliphatic rings. The number of benzene rings is 1. The summed E-state index contributed by atoms with van der Waals surface area (Å²) < 4.78 is 10.7. The average molecular weight is 341 g/mol. The highest BCUT2D eigenvalue weighted by atomic mass is 16.5. The standard InChI is InChI=1S/C18H19N3O4/c1-18(2)17(23)21(15-12(25-18)9-10-13(19)20-15)14(16(22)24-3)11-7-5-4-6-8-11/h4-10,14H,1-3H3,(H2,19,20). The molecule has 2 aromatic rings. The maximum absolute atomic E-state index is 13.1. The third-order valence-corrected chi connectivity index (χ3v) is 3.99. The summed E-state index contributed by atoms with van der Waals surface area (Å²) in [6, 6.07) is 11.1. The van der Waals surface area contributed by atoms with Crippen molar-refractivity contribution in [3.63, 3.8) is 0 Å². The Kier molecular flexibility index (Phi) is 4.08. The summed E-state index contributed by atoms with van der Waals surface area (Å²) in [5, 5.41) is 0. The summed E-state index contributed by atoms with van der Waals surface area (Å²) in [5.74, 6) is -0.187. The van der Waals surface area contributed by atoms with Gasteiger partial charge in [0.25, 0.3) is 5.91 Å². The summed E-state index contributed by atoms with van der Waals surface area (Å²) in [4.78, 5) is 31.1. The number of amides is 1. The van der Waals surface area contributed by atoms with Crippen LogP contribution in [-0.4, -0.2) is 29.6 Å². The Labute approximate surface area is 145 Å². The minimum atomic E-state index is -1.16. The minimum Gasteiger partial charge on any atom is -0.474 e. The molecule has 1 aromatic heterocycles. The quantitative estimate of drug-likeness (QED) is 0.859. The average Bonchev–Trinajstić information content (AvgIpc) is 2.59. The Morgan fingerprint density at radius 3 is 2.56 bits per heavy atom. The van der Waals surface area contributed by atoms with Gasteiger partial charge in [-0.05, 0) is 31.5 Å². The Hall–Kier alpha value is -3.09. The zero-order valence-corrected chi connectivity index (χ0v) is 14.2. The number of fused-ring (bicyclic) bond motifs is 1. The van der Waals surface area contributed by atoms with E-state index in [1.54, 1.807) is 50.2 Å². The van der Waals surface area contributed by atoms with Gasteiger partial charge >= 0.3 is 5.97 Å². The molecule has 130 valence electrons. The monoisotopic (exact) mass is 341 g/mol. The summed E-state index contributed by atoms with van der Waals surface area (Å²) in [5.41, 5.74) is 5.23. The van der Waals surface area contributed by atoms with Crippen LogP contribution in [0.4, 0.5) is 11.6 Å². The molecule has 0 bridgehead atoms. The minimum absolute atomic E-state index is 0.198. The topological polar surface area (TPSA) is 94.8 Å². The molecule has 0 aliphatic carbocycles. The fourth-order valence-electron chi connectivity index (χ4n) is 2.78. The van der Waals surface area contributed by atoms with Crippen LogP contribution >= 0.6 is 0 Å². The van der Waals surface area contributed by atoms with Crippen molar-refractivity contribution in [2.24, 2.45) is 0 Å². The number of rotatable bonds is 3. The second kappa shape index (κ2) is 6.08. The van der Waals surface area contributed by atoms with Crippen molar-refractivity contribution in [1.29, 1.82) is 0 Å². The van der Waals surface area contributed by atoms with E-state index in [4.69, 9.17) is 15.2 Å². The predicted molar refractivity (Wildman–Crippen MR) is 92.0 cm³/mol. The zero-order chi connectivity index (χ0) is 18.2. The molecule has 0 saturated carbocycles. The van der Waals surface area contributed by atoms with Gasteiger partial charge in [-0.3, -0.25) is 9.69 Å². The number of ether oxygens (including phenoxy) is 2. The van der Waals surface area contributed by atoms with Gasteiger partial charge in [0.1, 0.15) is 5.82 Å². The van der Waals surface area contributed by atoms with Crippen molar-refractivity contribution < 1.29 is 19.1 Å². The van der Waals surface area contributed by atoms with Crippen molar-refractivity contribution in [3.05, 3.63) is 48.0 Å².